The molecule has 2 aromatic carbocycles. The molecule has 194 valence electrons. The Labute approximate surface area is 219 Å². The summed E-state index contributed by atoms with van der Waals surface area (Å²) in [5.74, 6) is -0.533. The summed E-state index contributed by atoms with van der Waals surface area (Å²) < 4.78 is 0. The number of fused-ring (bicyclic) bond motifs is 1. The molecule has 1 aliphatic carbocycles. The summed E-state index contributed by atoms with van der Waals surface area (Å²) in [6.45, 7) is 4.09. The van der Waals surface area contributed by atoms with E-state index in [1.807, 2.05) is 54.6 Å². The zero-order valence-corrected chi connectivity index (χ0v) is 21.7. The number of benzene rings is 2. The predicted molar refractivity (Wildman–Crippen MR) is 146 cm³/mol. The minimum Gasteiger partial charge on any atom is -0.481 e. The van der Waals surface area contributed by atoms with Gasteiger partial charge in [-0.2, -0.15) is 0 Å². The summed E-state index contributed by atoms with van der Waals surface area (Å²) >= 11 is 0. The number of nitrogens with zero attached hydrogens (tertiary/aromatic N) is 2. The van der Waals surface area contributed by atoms with Crippen LogP contribution in [0.5, 0.6) is 0 Å². The molecular weight excluding hydrogens is 462 g/mol. The molecule has 37 heavy (non-hydrogen) atoms. The third-order valence-corrected chi connectivity index (χ3v) is 8.30. The highest BCUT2D eigenvalue weighted by Gasteiger charge is 2.29. The predicted octanol–water partition coefficient (Wildman–Crippen LogP) is 5.90. The lowest BCUT2D eigenvalue weighted by atomic mass is 9.84. The second kappa shape index (κ2) is 11.4. The van der Waals surface area contributed by atoms with Crippen molar-refractivity contribution in [1.29, 1.82) is 0 Å². The van der Waals surface area contributed by atoms with Crippen molar-refractivity contribution >= 4 is 22.8 Å². The monoisotopic (exact) mass is 499 g/mol. The van der Waals surface area contributed by atoms with Crippen LogP contribution in [0.1, 0.15) is 67.8 Å². The maximum atomic E-state index is 14.1. The number of pyridine rings is 1. The molecule has 1 saturated carbocycles. The maximum Gasteiger partial charge on any atom is 0.306 e. The van der Waals surface area contributed by atoms with Gasteiger partial charge in [0.2, 0.25) is 0 Å². The number of para-hydroxylation sites is 1. The Kier molecular flexibility index (Phi) is 7.85. The Morgan fingerprint density at radius 2 is 1.65 bits per heavy atom. The molecule has 1 atom stereocenters. The molecule has 1 aromatic heterocycles. The molecule has 0 spiro atoms. The SMILES string of the molecule is CC(NC(=O)c1c(CN2CCC(C(=O)O)CC2)c(-c2ccccc2)nc2ccccc12)C1CCCCC1. The topological polar surface area (TPSA) is 82.5 Å². The Hall–Kier alpha value is -3.25. The zero-order valence-electron chi connectivity index (χ0n) is 21.7. The van der Waals surface area contributed by atoms with Crippen LogP contribution in [0.4, 0.5) is 0 Å². The van der Waals surface area contributed by atoms with Gasteiger partial charge < -0.3 is 10.4 Å². The lowest BCUT2D eigenvalue weighted by Crippen LogP contribution is -2.40. The largest absolute Gasteiger partial charge is 0.481 e. The van der Waals surface area contributed by atoms with Crippen LogP contribution >= 0.6 is 0 Å². The van der Waals surface area contributed by atoms with Crippen LogP contribution < -0.4 is 5.32 Å². The van der Waals surface area contributed by atoms with Gasteiger partial charge in [0.15, 0.2) is 0 Å². The molecular formula is C31H37N3O3. The summed E-state index contributed by atoms with van der Waals surface area (Å²) in [7, 11) is 0. The third-order valence-electron chi connectivity index (χ3n) is 8.30. The number of carboxylic acids is 1. The van der Waals surface area contributed by atoms with Gasteiger partial charge in [0.1, 0.15) is 0 Å². The van der Waals surface area contributed by atoms with Crippen molar-refractivity contribution in [3.05, 3.63) is 65.7 Å². The molecule has 3 aromatic rings. The summed E-state index contributed by atoms with van der Waals surface area (Å²) in [4.78, 5) is 32.9. The normalized spacial score (nSPS) is 18.5. The van der Waals surface area contributed by atoms with Crippen molar-refractivity contribution in [2.24, 2.45) is 11.8 Å². The minimum absolute atomic E-state index is 0.0377. The van der Waals surface area contributed by atoms with Crippen LogP contribution in [0, 0.1) is 11.8 Å². The molecule has 6 heteroatoms. The van der Waals surface area contributed by atoms with Crippen LogP contribution in [-0.2, 0) is 11.3 Å². The van der Waals surface area contributed by atoms with Crippen LogP contribution in [0.15, 0.2) is 54.6 Å². The van der Waals surface area contributed by atoms with Crippen LogP contribution in [-0.4, -0.2) is 46.0 Å². The van der Waals surface area contributed by atoms with E-state index < -0.39 is 5.97 Å². The Morgan fingerprint density at radius 1 is 0.973 bits per heavy atom. The maximum absolute atomic E-state index is 14.1. The quantitative estimate of drug-likeness (QED) is 0.423. The fourth-order valence-electron chi connectivity index (χ4n) is 6.09. The van der Waals surface area contributed by atoms with Crippen LogP contribution in [0.2, 0.25) is 0 Å². The van der Waals surface area contributed by atoms with Crippen molar-refractivity contribution in [2.75, 3.05) is 13.1 Å². The molecule has 2 N–H and O–H groups in total. The van der Waals surface area contributed by atoms with E-state index in [-0.39, 0.29) is 17.9 Å². The number of aliphatic carboxylic acids is 1. The lowest BCUT2D eigenvalue weighted by Gasteiger charge is -2.32. The Balaban J connectivity index is 1.55. The summed E-state index contributed by atoms with van der Waals surface area (Å²) in [5.41, 5.74) is 4.25. The second-order valence-corrected chi connectivity index (χ2v) is 10.7. The number of likely N-dealkylation sites (tertiary alicyclic amines) is 1. The smallest absolute Gasteiger partial charge is 0.306 e. The molecule has 0 bridgehead atoms. The number of piperidine rings is 1. The summed E-state index contributed by atoms with van der Waals surface area (Å²) in [5, 5.41) is 13.7. The molecule has 1 saturated heterocycles. The summed E-state index contributed by atoms with van der Waals surface area (Å²) in [6, 6.07) is 18.1. The van der Waals surface area contributed by atoms with Crippen molar-refractivity contribution in [3.63, 3.8) is 0 Å². The average Bonchev–Trinajstić information content (AvgIpc) is 2.93. The average molecular weight is 500 g/mol. The first kappa shape index (κ1) is 25.4. The Bertz CT molecular complexity index is 1250. The van der Waals surface area contributed by atoms with Crippen LogP contribution in [0.25, 0.3) is 22.2 Å². The van der Waals surface area contributed by atoms with E-state index in [2.05, 4.69) is 17.1 Å². The molecule has 0 radical (unpaired) electrons. The first-order valence-electron chi connectivity index (χ1n) is 13.7. The highest BCUT2D eigenvalue weighted by Crippen LogP contribution is 2.33. The van der Waals surface area contributed by atoms with Gasteiger partial charge in [-0.15, -0.1) is 0 Å². The Morgan fingerprint density at radius 3 is 2.35 bits per heavy atom. The summed E-state index contributed by atoms with van der Waals surface area (Å²) in [6.07, 6.45) is 7.33. The van der Waals surface area contributed by atoms with Crippen molar-refractivity contribution in [2.45, 2.75) is 64.5 Å². The first-order chi connectivity index (χ1) is 18.0. The number of amides is 1. The van der Waals surface area contributed by atoms with E-state index in [0.717, 1.165) is 27.7 Å². The zero-order chi connectivity index (χ0) is 25.8. The van der Waals surface area contributed by atoms with Gasteiger partial charge in [0, 0.05) is 29.1 Å². The number of carboxylic acid groups (broad SMARTS) is 1. The van der Waals surface area contributed by atoms with E-state index in [1.54, 1.807) is 0 Å². The fraction of sp³-hybridized carbons (Fsp3) is 0.452. The van der Waals surface area contributed by atoms with Gasteiger partial charge in [0.25, 0.3) is 5.91 Å². The molecule has 2 fully saturated rings. The van der Waals surface area contributed by atoms with E-state index in [1.165, 1.54) is 32.1 Å². The van der Waals surface area contributed by atoms with Gasteiger partial charge in [-0.1, -0.05) is 67.8 Å². The number of hydrogen-bond donors (Lipinski definition) is 2. The van der Waals surface area contributed by atoms with Gasteiger partial charge >= 0.3 is 5.97 Å². The molecule has 1 amide bonds. The minimum atomic E-state index is -0.714. The standard InChI is InChI=1S/C31H37N3O3/c1-21(22-10-4-2-5-11-22)32-30(35)28-25-14-8-9-15-27(25)33-29(23-12-6-3-7-13-23)26(28)20-34-18-16-24(17-19-34)31(36)37/h3,6-9,12-15,21-22,24H,2,4-5,10-11,16-20H2,1H3,(H,32,35)(H,36,37). The molecule has 2 aliphatic rings. The third kappa shape index (κ3) is 5.69. The fourth-order valence-corrected chi connectivity index (χ4v) is 6.09. The number of carbonyl (C=O) groups is 2. The van der Waals surface area contributed by atoms with Crippen LogP contribution in [0.3, 0.4) is 0 Å². The van der Waals surface area contributed by atoms with Crippen molar-refractivity contribution < 1.29 is 14.7 Å². The first-order valence-corrected chi connectivity index (χ1v) is 13.7. The molecule has 6 nitrogen and oxygen atoms in total. The van der Waals surface area contributed by atoms with Gasteiger partial charge in [-0.05, 0) is 57.7 Å². The highest BCUT2D eigenvalue weighted by atomic mass is 16.4. The molecule has 2 heterocycles. The van der Waals surface area contributed by atoms with E-state index >= 15 is 0 Å². The number of nitrogens with one attached hydrogen (secondary N) is 1. The van der Waals surface area contributed by atoms with Gasteiger partial charge in [-0.3, -0.25) is 14.5 Å². The lowest BCUT2D eigenvalue weighted by molar-refractivity contribution is -0.143. The van der Waals surface area contributed by atoms with Crippen molar-refractivity contribution in [3.8, 4) is 11.3 Å². The second-order valence-electron chi connectivity index (χ2n) is 10.7. The number of hydrogen-bond acceptors (Lipinski definition) is 4. The highest BCUT2D eigenvalue weighted by molar-refractivity contribution is 6.09. The number of rotatable bonds is 7. The van der Waals surface area contributed by atoms with Gasteiger partial charge in [0.05, 0.1) is 22.7 Å². The van der Waals surface area contributed by atoms with E-state index in [9.17, 15) is 14.7 Å². The molecule has 1 unspecified atom stereocenters. The molecule has 5 rings (SSSR count). The van der Waals surface area contributed by atoms with E-state index in [0.29, 0.717) is 44.0 Å². The molecule has 1 aliphatic heterocycles. The van der Waals surface area contributed by atoms with Crippen molar-refractivity contribution in [1.82, 2.24) is 15.2 Å². The number of aromatic nitrogens is 1. The van der Waals surface area contributed by atoms with E-state index in [4.69, 9.17) is 4.98 Å². The van der Waals surface area contributed by atoms with Gasteiger partial charge in [-0.25, -0.2) is 4.98 Å². The number of carbonyl (C=O) groups excluding carboxylic acids is 1.